The fourth-order valence-electron chi connectivity index (χ4n) is 5.79. The van der Waals surface area contributed by atoms with Gasteiger partial charge in [0, 0.05) is 81.9 Å². The molecule has 0 atom stereocenters. The Morgan fingerprint density at radius 1 is 0.881 bits per heavy atom. The lowest BCUT2D eigenvalue weighted by molar-refractivity contribution is -0.137. The highest BCUT2D eigenvalue weighted by molar-refractivity contribution is 5.98. The first-order chi connectivity index (χ1) is 20.2. The van der Waals surface area contributed by atoms with Crippen molar-refractivity contribution < 1.29 is 18.0 Å². The van der Waals surface area contributed by atoms with Crippen LogP contribution in [0.25, 0.3) is 10.9 Å². The number of hydrogen-bond acceptors (Lipinski definition) is 6. The Hall–Kier alpha value is -3.83. The number of halogens is 3. The number of piperidine rings is 1. The smallest absolute Gasteiger partial charge is 0.336 e. The number of likely N-dealkylation sites (tertiary alicyclic amines) is 1. The van der Waals surface area contributed by atoms with Gasteiger partial charge in [0.15, 0.2) is 0 Å². The number of hydrogen-bond donors (Lipinski definition) is 0. The van der Waals surface area contributed by atoms with Gasteiger partial charge in [0.05, 0.1) is 28.5 Å². The summed E-state index contributed by atoms with van der Waals surface area (Å²) in [6.45, 7) is 7.71. The molecule has 2 aromatic heterocycles. The molecule has 4 heterocycles. The second-order valence-electron chi connectivity index (χ2n) is 11.3. The molecule has 0 bridgehead atoms. The summed E-state index contributed by atoms with van der Waals surface area (Å²) >= 11 is 0. The standard InChI is InChI=1S/C31H34F3N7O/c1-22-17-36-27(18-35-22)21-38-10-8-28(9-11-38)41-20-25-16-24(4-7-29(25)37-41)30(42)40-14-12-39(13-15-40)19-23-2-5-26(6-3-23)31(32,33)34/h2-7,16-18,20,28H,8-15,19,21H2,1H3. The van der Waals surface area contributed by atoms with E-state index >= 15 is 0 Å². The molecule has 2 saturated heterocycles. The maximum atomic E-state index is 13.3. The molecule has 2 fully saturated rings. The van der Waals surface area contributed by atoms with Gasteiger partial charge >= 0.3 is 6.18 Å². The molecule has 2 aromatic carbocycles. The van der Waals surface area contributed by atoms with Crippen LogP contribution >= 0.6 is 0 Å². The molecule has 0 unspecified atom stereocenters. The zero-order valence-electron chi connectivity index (χ0n) is 23.6. The molecule has 0 saturated carbocycles. The lowest BCUT2D eigenvalue weighted by atomic mass is 10.1. The minimum absolute atomic E-state index is 0.00802. The number of piperazine rings is 1. The second-order valence-corrected chi connectivity index (χ2v) is 11.3. The number of rotatable bonds is 6. The number of benzene rings is 2. The summed E-state index contributed by atoms with van der Waals surface area (Å²) in [7, 11) is 0. The summed E-state index contributed by atoms with van der Waals surface area (Å²) in [6.07, 6.45) is 3.38. The van der Waals surface area contributed by atoms with E-state index in [4.69, 9.17) is 5.10 Å². The Kier molecular flexibility index (Phi) is 7.96. The maximum absolute atomic E-state index is 13.3. The van der Waals surface area contributed by atoms with Crippen LogP contribution in [0.5, 0.6) is 0 Å². The molecule has 220 valence electrons. The van der Waals surface area contributed by atoms with Crippen LogP contribution in [0.15, 0.2) is 61.1 Å². The van der Waals surface area contributed by atoms with Gasteiger partial charge in [0.2, 0.25) is 0 Å². The van der Waals surface area contributed by atoms with E-state index in [9.17, 15) is 18.0 Å². The first-order valence-corrected chi connectivity index (χ1v) is 14.4. The summed E-state index contributed by atoms with van der Waals surface area (Å²) in [5.74, 6) is -0.00802. The van der Waals surface area contributed by atoms with E-state index in [1.54, 1.807) is 0 Å². The monoisotopic (exact) mass is 577 g/mol. The first kappa shape index (κ1) is 28.3. The number of carbonyl (C=O) groups is 1. The predicted octanol–water partition coefficient (Wildman–Crippen LogP) is 4.95. The van der Waals surface area contributed by atoms with Gasteiger partial charge in [-0.3, -0.25) is 29.2 Å². The molecule has 42 heavy (non-hydrogen) atoms. The van der Waals surface area contributed by atoms with E-state index in [1.165, 1.54) is 12.1 Å². The van der Waals surface area contributed by atoms with Crippen LogP contribution in [0, 0.1) is 6.92 Å². The summed E-state index contributed by atoms with van der Waals surface area (Å²) in [4.78, 5) is 28.6. The average Bonchev–Trinajstić information content (AvgIpc) is 3.42. The average molecular weight is 578 g/mol. The fraction of sp³-hybridized carbons (Fsp3) is 0.419. The van der Waals surface area contributed by atoms with E-state index < -0.39 is 11.7 Å². The molecule has 4 aromatic rings. The quantitative estimate of drug-likeness (QED) is 0.323. The van der Waals surface area contributed by atoms with Crippen molar-refractivity contribution in [1.29, 1.82) is 0 Å². The predicted molar refractivity (Wildman–Crippen MR) is 153 cm³/mol. The van der Waals surface area contributed by atoms with Crippen LogP contribution in [0.3, 0.4) is 0 Å². The number of amides is 1. The third-order valence-corrected chi connectivity index (χ3v) is 8.27. The molecule has 2 aliphatic heterocycles. The molecular formula is C31H34F3N7O. The van der Waals surface area contributed by atoms with Crippen molar-refractivity contribution in [3.63, 3.8) is 0 Å². The van der Waals surface area contributed by atoms with Crippen LogP contribution in [0.4, 0.5) is 13.2 Å². The normalized spacial score (nSPS) is 17.7. The molecule has 2 aliphatic rings. The molecule has 0 N–H and O–H groups in total. The number of aryl methyl sites for hydroxylation is 1. The van der Waals surface area contributed by atoms with Gasteiger partial charge in [-0.1, -0.05) is 12.1 Å². The Labute approximate surface area is 242 Å². The fourth-order valence-corrected chi connectivity index (χ4v) is 5.79. The number of carbonyl (C=O) groups excluding carboxylic acids is 1. The summed E-state index contributed by atoms with van der Waals surface area (Å²) in [6, 6.07) is 11.3. The zero-order chi connectivity index (χ0) is 29.3. The van der Waals surface area contributed by atoms with Crippen molar-refractivity contribution in [3.05, 3.63) is 89.1 Å². The van der Waals surface area contributed by atoms with Crippen LogP contribution in [0.2, 0.25) is 0 Å². The van der Waals surface area contributed by atoms with E-state index in [-0.39, 0.29) is 5.91 Å². The first-order valence-electron chi connectivity index (χ1n) is 14.4. The largest absolute Gasteiger partial charge is 0.416 e. The lowest BCUT2D eigenvalue weighted by Gasteiger charge is -2.34. The third kappa shape index (κ3) is 6.47. The van der Waals surface area contributed by atoms with E-state index in [0.717, 1.165) is 72.5 Å². The Bertz CT molecular complexity index is 1520. The molecule has 1 amide bonds. The number of nitrogens with zero attached hydrogens (tertiary/aromatic N) is 7. The number of aromatic nitrogens is 4. The highest BCUT2D eigenvalue weighted by Gasteiger charge is 2.30. The van der Waals surface area contributed by atoms with Crippen molar-refractivity contribution >= 4 is 16.8 Å². The summed E-state index contributed by atoms with van der Waals surface area (Å²) in [5.41, 5.74) is 3.63. The van der Waals surface area contributed by atoms with Gasteiger partial charge in [0.25, 0.3) is 5.91 Å². The SMILES string of the molecule is Cc1cnc(CN2CCC(n3cc4cc(C(=O)N5CCN(Cc6ccc(C(F)(F)F)cc6)CC5)ccc4n3)CC2)cn1. The van der Waals surface area contributed by atoms with Crippen molar-refractivity contribution in [2.24, 2.45) is 0 Å². The van der Waals surface area contributed by atoms with Crippen molar-refractivity contribution in [2.45, 2.75) is 45.1 Å². The third-order valence-electron chi connectivity index (χ3n) is 8.27. The Balaban J connectivity index is 1.02. The van der Waals surface area contributed by atoms with Crippen molar-refractivity contribution in [3.8, 4) is 0 Å². The van der Waals surface area contributed by atoms with Crippen LogP contribution in [0.1, 0.15) is 51.8 Å². The minimum atomic E-state index is -4.33. The molecule has 6 rings (SSSR count). The lowest BCUT2D eigenvalue weighted by Crippen LogP contribution is -2.48. The summed E-state index contributed by atoms with van der Waals surface area (Å²) in [5, 5.41) is 5.78. The van der Waals surface area contributed by atoms with E-state index in [1.807, 2.05) is 42.4 Å². The van der Waals surface area contributed by atoms with Gasteiger partial charge in [-0.15, -0.1) is 0 Å². The van der Waals surface area contributed by atoms with E-state index in [0.29, 0.717) is 44.3 Å². The van der Waals surface area contributed by atoms with Gasteiger partial charge in [-0.25, -0.2) is 0 Å². The number of alkyl halides is 3. The highest BCUT2D eigenvalue weighted by Crippen LogP contribution is 2.29. The molecule has 11 heteroatoms. The van der Waals surface area contributed by atoms with Crippen LogP contribution < -0.4 is 0 Å². The summed E-state index contributed by atoms with van der Waals surface area (Å²) < 4.78 is 40.6. The van der Waals surface area contributed by atoms with Gasteiger partial charge in [-0.05, 0) is 55.7 Å². The minimum Gasteiger partial charge on any atom is -0.336 e. The van der Waals surface area contributed by atoms with Crippen LogP contribution in [-0.4, -0.2) is 79.6 Å². The van der Waals surface area contributed by atoms with Gasteiger partial charge < -0.3 is 4.90 Å². The van der Waals surface area contributed by atoms with Crippen LogP contribution in [-0.2, 0) is 19.3 Å². The molecule has 0 radical (unpaired) electrons. The molecule has 0 aliphatic carbocycles. The Morgan fingerprint density at radius 3 is 2.26 bits per heavy atom. The highest BCUT2D eigenvalue weighted by atomic mass is 19.4. The molecule has 8 nitrogen and oxygen atoms in total. The Morgan fingerprint density at radius 2 is 1.60 bits per heavy atom. The van der Waals surface area contributed by atoms with E-state index in [2.05, 4.69) is 30.6 Å². The van der Waals surface area contributed by atoms with Gasteiger partial charge in [0.1, 0.15) is 0 Å². The van der Waals surface area contributed by atoms with Gasteiger partial charge in [-0.2, -0.15) is 18.3 Å². The molecule has 0 spiro atoms. The number of fused-ring (bicyclic) bond motifs is 1. The molecular weight excluding hydrogens is 543 g/mol. The topological polar surface area (TPSA) is 70.4 Å². The second kappa shape index (κ2) is 11.8. The maximum Gasteiger partial charge on any atom is 0.416 e. The van der Waals surface area contributed by atoms with Crippen molar-refractivity contribution in [1.82, 2.24) is 34.4 Å². The van der Waals surface area contributed by atoms with Crippen molar-refractivity contribution in [2.75, 3.05) is 39.3 Å². The zero-order valence-corrected chi connectivity index (χ0v) is 23.6.